The third kappa shape index (κ3) is 3.65. The average molecular weight is 349 g/mol. The van der Waals surface area contributed by atoms with Crippen LogP contribution in [-0.2, 0) is 10.0 Å². The number of aromatic nitrogens is 1. The van der Waals surface area contributed by atoms with Crippen molar-refractivity contribution in [1.29, 1.82) is 0 Å². The van der Waals surface area contributed by atoms with Crippen molar-refractivity contribution >= 4 is 15.9 Å². The van der Waals surface area contributed by atoms with Gasteiger partial charge in [-0.3, -0.25) is 4.79 Å². The standard InChI is InChI=1S/C16H19N3O4S/c1-24(21,22)19-9-5-8-13(19)10-17-15(20)14-11-23-16(18-14)12-6-3-2-4-7-12/h2-4,6-7,11,13H,5,8-10H2,1H3,(H,17,20)/t13-/m1/s1. The Morgan fingerprint density at radius 2 is 2.12 bits per heavy atom. The molecule has 1 saturated heterocycles. The molecule has 1 aromatic heterocycles. The van der Waals surface area contributed by atoms with Crippen LogP contribution in [0.1, 0.15) is 23.3 Å². The molecular weight excluding hydrogens is 330 g/mol. The zero-order valence-electron chi connectivity index (χ0n) is 13.3. The zero-order chi connectivity index (χ0) is 17.2. The fourth-order valence-electron chi connectivity index (χ4n) is 2.84. The molecule has 1 aliphatic rings. The van der Waals surface area contributed by atoms with Gasteiger partial charge in [-0.15, -0.1) is 0 Å². The van der Waals surface area contributed by atoms with Gasteiger partial charge in [0.1, 0.15) is 6.26 Å². The summed E-state index contributed by atoms with van der Waals surface area (Å²) in [5, 5.41) is 2.74. The van der Waals surface area contributed by atoms with Gasteiger partial charge in [0, 0.05) is 24.7 Å². The van der Waals surface area contributed by atoms with Crippen LogP contribution in [0, 0.1) is 0 Å². The van der Waals surface area contributed by atoms with Crippen molar-refractivity contribution in [1.82, 2.24) is 14.6 Å². The molecule has 0 saturated carbocycles. The molecule has 1 amide bonds. The highest BCUT2D eigenvalue weighted by Crippen LogP contribution is 2.20. The molecular formula is C16H19N3O4S. The van der Waals surface area contributed by atoms with Gasteiger partial charge < -0.3 is 9.73 Å². The van der Waals surface area contributed by atoms with Crippen LogP contribution in [0.2, 0.25) is 0 Å². The maximum absolute atomic E-state index is 12.2. The number of amides is 1. The second-order valence-corrected chi connectivity index (χ2v) is 7.72. The predicted molar refractivity (Wildman–Crippen MR) is 88.8 cm³/mol. The Hall–Kier alpha value is -2.19. The number of carbonyl (C=O) groups is 1. The molecule has 128 valence electrons. The molecule has 0 unspecified atom stereocenters. The van der Waals surface area contributed by atoms with Gasteiger partial charge in [-0.05, 0) is 25.0 Å². The van der Waals surface area contributed by atoms with E-state index < -0.39 is 10.0 Å². The van der Waals surface area contributed by atoms with E-state index in [0.717, 1.165) is 18.4 Å². The van der Waals surface area contributed by atoms with Crippen molar-refractivity contribution in [2.24, 2.45) is 0 Å². The van der Waals surface area contributed by atoms with Gasteiger partial charge >= 0.3 is 0 Å². The molecule has 3 rings (SSSR count). The van der Waals surface area contributed by atoms with Gasteiger partial charge in [-0.2, -0.15) is 4.31 Å². The first-order valence-corrected chi connectivity index (χ1v) is 9.56. The maximum Gasteiger partial charge on any atom is 0.273 e. The second kappa shape index (κ2) is 6.74. The zero-order valence-corrected chi connectivity index (χ0v) is 14.1. The van der Waals surface area contributed by atoms with Gasteiger partial charge in [-0.25, -0.2) is 13.4 Å². The van der Waals surface area contributed by atoms with E-state index in [-0.39, 0.29) is 24.2 Å². The van der Waals surface area contributed by atoms with E-state index in [9.17, 15) is 13.2 Å². The number of sulfonamides is 1. The Morgan fingerprint density at radius 1 is 1.38 bits per heavy atom. The van der Waals surface area contributed by atoms with Crippen molar-refractivity contribution in [2.45, 2.75) is 18.9 Å². The molecule has 1 fully saturated rings. The third-order valence-electron chi connectivity index (χ3n) is 4.00. The van der Waals surface area contributed by atoms with Crippen LogP contribution in [0.15, 0.2) is 41.0 Å². The van der Waals surface area contributed by atoms with Crippen molar-refractivity contribution in [2.75, 3.05) is 19.3 Å². The van der Waals surface area contributed by atoms with E-state index in [0.29, 0.717) is 12.4 Å². The smallest absolute Gasteiger partial charge is 0.273 e. The monoisotopic (exact) mass is 349 g/mol. The Bertz CT molecular complexity index is 817. The molecule has 0 radical (unpaired) electrons. The van der Waals surface area contributed by atoms with E-state index in [2.05, 4.69) is 10.3 Å². The number of benzene rings is 1. The second-order valence-electron chi connectivity index (χ2n) is 5.78. The molecule has 1 aliphatic heterocycles. The van der Waals surface area contributed by atoms with Gasteiger partial charge in [0.05, 0.1) is 6.26 Å². The lowest BCUT2D eigenvalue weighted by Gasteiger charge is -2.22. The highest BCUT2D eigenvalue weighted by Gasteiger charge is 2.31. The minimum Gasteiger partial charge on any atom is -0.444 e. The molecule has 0 bridgehead atoms. The lowest BCUT2D eigenvalue weighted by molar-refractivity contribution is 0.0941. The van der Waals surface area contributed by atoms with Crippen LogP contribution >= 0.6 is 0 Å². The lowest BCUT2D eigenvalue weighted by Crippen LogP contribution is -2.42. The predicted octanol–water partition coefficient (Wildman–Crippen LogP) is 1.50. The number of rotatable bonds is 5. The Kier molecular flexibility index (Phi) is 4.68. The summed E-state index contributed by atoms with van der Waals surface area (Å²) in [4.78, 5) is 16.4. The molecule has 8 heteroatoms. The fraction of sp³-hybridized carbons (Fsp3) is 0.375. The minimum atomic E-state index is -3.25. The van der Waals surface area contributed by atoms with E-state index in [1.54, 1.807) is 0 Å². The van der Waals surface area contributed by atoms with Gasteiger partial charge in [0.15, 0.2) is 5.69 Å². The van der Waals surface area contributed by atoms with E-state index in [1.165, 1.54) is 16.8 Å². The van der Waals surface area contributed by atoms with E-state index in [4.69, 9.17) is 4.42 Å². The SMILES string of the molecule is CS(=O)(=O)N1CCC[C@@H]1CNC(=O)c1coc(-c2ccccc2)n1. The van der Waals surface area contributed by atoms with Crippen LogP contribution in [-0.4, -0.2) is 49.0 Å². The molecule has 1 N–H and O–H groups in total. The van der Waals surface area contributed by atoms with Gasteiger partial charge in [-0.1, -0.05) is 18.2 Å². The Labute approximate surface area is 140 Å². The van der Waals surface area contributed by atoms with Gasteiger partial charge in [0.2, 0.25) is 15.9 Å². The number of hydrogen-bond acceptors (Lipinski definition) is 5. The van der Waals surface area contributed by atoms with Crippen LogP contribution in [0.3, 0.4) is 0 Å². The first-order chi connectivity index (χ1) is 11.4. The van der Waals surface area contributed by atoms with Gasteiger partial charge in [0.25, 0.3) is 5.91 Å². The first kappa shape index (κ1) is 16.7. The molecule has 1 aromatic carbocycles. The number of carbonyl (C=O) groups excluding carboxylic acids is 1. The summed E-state index contributed by atoms with van der Waals surface area (Å²) in [6.45, 7) is 0.765. The van der Waals surface area contributed by atoms with E-state index in [1.807, 2.05) is 30.3 Å². The lowest BCUT2D eigenvalue weighted by atomic mass is 10.2. The molecule has 7 nitrogen and oxygen atoms in total. The quantitative estimate of drug-likeness (QED) is 0.883. The first-order valence-electron chi connectivity index (χ1n) is 7.71. The van der Waals surface area contributed by atoms with Crippen molar-refractivity contribution in [3.63, 3.8) is 0 Å². The minimum absolute atomic E-state index is 0.178. The summed E-state index contributed by atoms with van der Waals surface area (Å²) in [6, 6.07) is 9.09. The summed E-state index contributed by atoms with van der Waals surface area (Å²) in [7, 11) is -3.25. The Morgan fingerprint density at radius 3 is 2.83 bits per heavy atom. The molecule has 0 spiro atoms. The average Bonchev–Trinajstić information content (AvgIpc) is 3.22. The Balaban J connectivity index is 1.63. The van der Waals surface area contributed by atoms with Crippen LogP contribution < -0.4 is 5.32 Å². The molecule has 24 heavy (non-hydrogen) atoms. The highest BCUT2D eigenvalue weighted by atomic mass is 32.2. The maximum atomic E-state index is 12.2. The molecule has 0 aliphatic carbocycles. The highest BCUT2D eigenvalue weighted by molar-refractivity contribution is 7.88. The largest absolute Gasteiger partial charge is 0.444 e. The van der Waals surface area contributed by atoms with Crippen LogP contribution in [0.5, 0.6) is 0 Å². The van der Waals surface area contributed by atoms with E-state index >= 15 is 0 Å². The normalized spacial score (nSPS) is 18.6. The van der Waals surface area contributed by atoms with Crippen molar-refractivity contribution < 1.29 is 17.6 Å². The fourth-order valence-corrected chi connectivity index (χ4v) is 4.02. The summed E-state index contributed by atoms with van der Waals surface area (Å²) < 4.78 is 30.2. The number of nitrogens with zero attached hydrogens (tertiary/aromatic N) is 2. The topological polar surface area (TPSA) is 92.5 Å². The summed E-state index contributed by atoms with van der Waals surface area (Å²) in [6.07, 6.45) is 4.04. The number of hydrogen-bond donors (Lipinski definition) is 1. The number of oxazole rings is 1. The molecule has 1 atom stereocenters. The summed E-state index contributed by atoms with van der Waals surface area (Å²) >= 11 is 0. The molecule has 2 aromatic rings. The van der Waals surface area contributed by atoms with Crippen molar-refractivity contribution in [3.8, 4) is 11.5 Å². The number of nitrogens with one attached hydrogen (secondary N) is 1. The van der Waals surface area contributed by atoms with Crippen LogP contribution in [0.25, 0.3) is 11.5 Å². The summed E-state index contributed by atoms with van der Waals surface area (Å²) in [5.74, 6) is 0.000612. The summed E-state index contributed by atoms with van der Waals surface area (Å²) in [5.41, 5.74) is 0.966. The molecule has 2 heterocycles. The van der Waals surface area contributed by atoms with Crippen LogP contribution in [0.4, 0.5) is 0 Å². The van der Waals surface area contributed by atoms with Crippen molar-refractivity contribution in [3.05, 3.63) is 42.3 Å². The third-order valence-corrected chi connectivity index (χ3v) is 5.34.